The molecule has 19 heavy (non-hydrogen) atoms. The number of nitrogens with two attached hydrogens (primary N) is 1. The predicted molar refractivity (Wildman–Crippen MR) is 69.2 cm³/mol. The summed E-state index contributed by atoms with van der Waals surface area (Å²) in [4.78, 5) is 0. The van der Waals surface area contributed by atoms with Crippen LogP contribution in [-0.4, -0.2) is 44.3 Å². The van der Waals surface area contributed by atoms with Gasteiger partial charge in [0.2, 0.25) is 10.0 Å². The van der Waals surface area contributed by atoms with Gasteiger partial charge in [-0.05, 0) is 25.3 Å². The Balaban J connectivity index is 4.51. The van der Waals surface area contributed by atoms with Gasteiger partial charge in [-0.2, -0.15) is 13.2 Å². The van der Waals surface area contributed by atoms with Gasteiger partial charge in [-0.3, -0.25) is 0 Å². The summed E-state index contributed by atoms with van der Waals surface area (Å²) in [6.45, 7) is 4.66. The summed E-state index contributed by atoms with van der Waals surface area (Å²) in [5.41, 5.74) is 5.34. The van der Waals surface area contributed by atoms with Crippen LogP contribution < -0.4 is 5.73 Å². The molecule has 4 nitrogen and oxygen atoms in total. The van der Waals surface area contributed by atoms with Crippen molar-refractivity contribution < 1.29 is 21.6 Å². The minimum absolute atomic E-state index is 0.121. The highest BCUT2D eigenvalue weighted by atomic mass is 32.2. The molecule has 0 aliphatic carbocycles. The van der Waals surface area contributed by atoms with Crippen molar-refractivity contribution in [2.75, 3.05) is 25.4 Å². The molecule has 0 rings (SSSR count). The van der Waals surface area contributed by atoms with Crippen molar-refractivity contribution in [3.8, 4) is 0 Å². The third-order valence-corrected chi connectivity index (χ3v) is 4.36. The summed E-state index contributed by atoms with van der Waals surface area (Å²) in [6.07, 6.45) is -5.28. The average Bonchev–Trinajstić information content (AvgIpc) is 2.21. The van der Waals surface area contributed by atoms with Gasteiger partial charge >= 0.3 is 6.18 Å². The molecular weight excluding hydrogens is 281 g/mol. The molecule has 0 aliphatic heterocycles. The smallest absolute Gasteiger partial charge is 0.330 e. The fraction of sp³-hybridized carbons (Fsp3) is 1.00. The third kappa shape index (κ3) is 9.23. The lowest BCUT2D eigenvalue weighted by Gasteiger charge is -2.23. The summed E-state index contributed by atoms with van der Waals surface area (Å²) in [5, 5.41) is 0. The van der Waals surface area contributed by atoms with E-state index in [2.05, 4.69) is 0 Å². The lowest BCUT2D eigenvalue weighted by molar-refractivity contribution is -0.134. The summed E-state index contributed by atoms with van der Waals surface area (Å²) < 4.78 is 61.3. The first-order valence-electron chi connectivity index (χ1n) is 6.33. The molecule has 2 N–H and O–H groups in total. The number of rotatable bonds is 9. The number of hydrogen-bond donors (Lipinski definition) is 1. The normalized spacial score (nSPS) is 13.5. The lowest BCUT2D eigenvalue weighted by Crippen LogP contribution is -2.37. The number of alkyl halides is 3. The van der Waals surface area contributed by atoms with Crippen molar-refractivity contribution in [2.45, 2.75) is 39.3 Å². The largest absolute Gasteiger partial charge is 0.389 e. The Hall–Kier alpha value is -0.340. The topological polar surface area (TPSA) is 63.4 Å². The minimum atomic E-state index is -4.31. The predicted octanol–water partition coefficient (Wildman–Crippen LogP) is 1.97. The molecule has 0 spiro atoms. The van der Waals surface area contributed by atoms with E-state index in [1.165, 1.54) is 4.31 Å². The number of nitrogens with zero attached hydrogens (tertiary/aromatic N) is 1. The second-order valence-electron chi connectivity index (χ2n) is 4.93. The van der Waals surface area contributed by atoms with Crippen molar-refractivity contribution in [2.24, 2.45) is 11.7 Å². The van der Waals surface area contributed by atoms with Gasteiger partial charge in [-0.15, -0.1) is 0 Å². The first kappa shape index (κ1) is 18.7. The number of hydrogen-bond acceptors (Lipinski definition) is 3. The van der Waals surface area contributed by atoms with Gasteiger partial charge in [0.15, 0.2) is 0 Å². The van der Waals surface area contributed by atoms with Crippen LogP contribution in [0.1, 0.15) is 33.1 Å². The third-order valence-electron chi connectivity index (χ3n) is 2.44. The molecule has 8 heteroatoms. The molecule has 0 saturated carbocycles. The Morgan fingerprint density at radius 3 is 2.21 bits per heavy atom. The molecule has 0 atom stereocenters. The van der Waals surface area contributed by atoms with Gasteiger partial charge in [0.05, 0.1) is 5.75 Å². The monoisotopic (exact) mass is 304 g/mol. The molecule has 0 aliphatic rings. The molecule has 0 amide bonds. The summed E-state index contributed by atoms with van der Waals surface area (Å²) in [5.74, 6) is -0.348. The van der Waals surface area contributed by atoms with Gasteiger partial charge < -0.3 is 5.73 Å². The van der Waals surface area contributed by atoms with Crippen LogP contribution in [0, 0.1) is 5.92 Å². The number of halogens is 3. The Morgan fingerprint density at radius 1 is 1.21 bits per heavy atom. The van der Waals surface area contributed by atoms with Gasteiger partial charge in [0.25, 0.3) is 0 Å². The van der Waals surface area contributed by atoms with E-state index in [0.717, 1.165) is 0 Å². The van der Waals surface area contributed by atoms with E-state index in [9.17, 15) is 21.6 Å². The Labute approximate surface area is 113 Å². The van der Waals surface area contributed by atoms with Gasteiger partial charge in [0.1, 0.15) is 0 Å². The maximum absolute atomic E-state index is 12.0. The minimum Gasteiger partial charge on any atom is -0.330 e. The quantitative estimate of drug-likeness (QED) is 0.708. The fourth-order valence-electron chi connectivity index (χ4n) is 1.60. The van der Waals surface area contributed by atoms with Crippen molar-refractivity contribution in [3.05, 3.63) is 0 Å². The summed E-state index contributed by atoms with van der Waals surface area (Å²) in [7, 11) is -3.63. The van der Waals surface area contributed by atoms with Crippen LogP contribution in [0.15, 0.2) is 0 Å². The SMILES string of the molecule is CC(C)CN(CCCN)S(=O)(=O)CCCC(F)(F)F. The average molecular weight is 304 g/mol. The van der Waals surface area contributed by atoms with Crippen molar-refractivity contribution in [1.29, 1.82) is 0 Å². The molecule has 0 radical (unpaired) electrons. The van der Waals surface area contributed by atoms with Crippen molar-refractivity contribution in [3.63, 3.8) is 0 Å². The fourth-order valence-corrected chi connectivity index (χ4v) is 3.30. The maximum atomic E-state index is 12.0. The molecule has 0 unspecified atom stereocenters. The van der Waals surface area contributed by atoms with Crippen LogP contribution in [0.4, 0.5) is 13.2 Å². The van der Waals surface area contributed by atoms with E-state index in [1.807, 2.05) is 13.8 Å². The zero-order valence-corrected chi connectivity index (χ0v) is 12.2. The highest BCUT2D eigenvalue weighted by Crippen LogP contribution is 2.22. The highest BCUT2D eigenvalue weighted by molar-refractivity contribution is 7.89. The second kappa shape index (κ2) is 8.06. The standard InChI is InChI=1S/C11H23F3N2O2S/c1-10(2)9-16(7-4-6-15)19(17,18)8-3-5-11(12,13)14/h10H,3-9,15H2,1-2H3. The molecule has 0 bridgehead atoms. The number of sulfonamides is 1. The van der Waals surface area contributed by atoms with Gasteiger partial charge in [-0.25, -0.2) is 12.7 Å². The van der Waals surface area contributed by atoms with Crippen LogP contribution in [0.2, 0.25) is 0 Å². The van der Waals surface area contributed by atoms with E-state index in [-0.39, 0.29) is 12.5 Å². The van der Waals surface area contributed by atoms with Crippen LogP contribution >= 0.6 is 0 Å². The van der Waals surface area contributed by atoms with E-state index < -0.39 is 34.8 Å². The van der Waals surface area contributed by atoms with E-state index >= 15 is 0 Å². The van der Waals surface area contributed by atoms with Crippen LogP contribution in [0.5, 0.6) is 0 Å². The first-order valence-corrected chi connectivity index (χ1v) is 7.94. The molecular formula is C11H23F3N2O2S. The molecule has 0 aromatic heterocycles. The zero-order chi connectivity index (χ0) is 15.1. The van der Waals surface area contributed by atoms with Crippen LogP contribution in [0.25, 0.3) is 0 Å². The van der Waals surface area contributed by atoms with E-state index in [1.54, 1.807) is 0 Å². The summed E-state index contributed by atoms with van der Waals surface area (Å²) in [6, 6.07) is 0. The Morgan fingerprint density at radius 2 is 1.79 bits per heavy atom. The second-order valence-corrected chi connectivity index (χ2v) is 7.02. The van der Waals surface area contributed by atoms with Crippen LogP contribution in [0.3, 0.4) is 0 Å². The molecule has 0 aromatic carbocycles. The molecule has 116 valence electrons. The molecule has 0 fully saturated rings. The lowest BCUT2D eigenvalue weighted by atomic mass is 10.2. The Kier molecular flexibility index (Phi) is 7.92. The molecule has 0 heterocycles. The Bertz CT molecular complexity index is 342. The first-order chi connectivity index (χ1) is 8.58. The zero-order valence-electron chi connectivity index (χ0n) is 11.4. The van der Waals surface area contributed by atoms with E-state index in [4.69, 9.17) is 5.73 Å². The van der Waals surface area contributed by atoms with Gasteiger partial charge in [0, 0.05) is 19.5 Å². The van der Waals surface area contributed by atoms with Gasteiger partial charge in [-0.1, -0.05) is 13.8 Å². The molecule has 0 aromatic rings. The highest BCUT2D eigenvalue weighted by Gasteiger charge is 2.29. The van der Waals surface area contributed by atoms with Crippen LogP contribution in [-0.2, 0) is 10.0 Å². The van der Waals surface area contributed by atoms with Crippen molar-refractivity contribution >= 4 is 10.0 Å². The summed E-state index contributed by atoms with van der Waals surface area (Å²) >= 11 is 0. The van der Waals surface area contributed by atoms with Crippen molar-refractivity contribution in [1.82, 2.24) is 4.31 Å². The van der Waals surface area contributed by atoms with E-state index in [0.29, 0.717) is 19.5 Å². The maximum Gasteiger partial charge on any atom is 0.389 e. The molecule has 0 saturated heterocycles.